The van der Waals surface area contributed by atoms with Gasteiger partial charge in [-0.1, -0.05) is 18.2 Å². The third-order valence-electron chi connectivity index (χ3n) is 3.77. The van der Waals surface area contributed by atoms with Gasteiger partial charge in [-0.15, -0.1) is 0 Å². The van der Waals surface area contributed by atoms with Crippen LogP contribution in [0.25, 0.3) is 10.9 Å². The summed E-state index contributed by atoms with van der Waals surface area (Å²) in [5.41, 5.74) is 9.95. The number of benzene rings is 1. The smallest absolute Gasteiger partial charge is 0.0458 e. The van der Waals surface area contributed by atoms with Crippen molar-refractivity contribution in [2.24, 2.45) is 11.7 Å². The molecule has 1 heterocycles. The number of nitrogens with one attached hydrogen (secondary N) is 1. The molecule has 3 N–H and O–H groups in total. The van der Waals surface area contributed by atoms with Gasteiger partial charge in [-0.2, -0.15) is 0 Å². The molecule has 0 spiro atoms. The molecule has 2 heteroatoms. The quantitative estimate of drug-likeness (QED) is 0.792. The lowest BCUT2D eigenvalue weighted by Crippen LogP contribution is -2.17. The largest absolute Gasteiger partial charge is 0.358 e. The Morgan fingerprint density at radius 1 is 1.31 bits per heavy atom. The molecular weight excluding hydrogens is 196 g/mol. The monoisotopic (exact) mass is 214 g/mol. The van der Waals surface area contributed by atoms with Crippen molar-refractivity contribution in [1.82, 2.24) is 4.98 Å². The molecule has 2 nitrogen and oxygen atoms in total. The number of aromatic amines is 1. The summed E-state index contributed by atoms with van der Waals surface area (Å²) in [6.07, 6.45) is 4.85. The van der Waals surface area contributed by atoms with Crippen molar-refractivity contribution >= 4 is 10.9 Å². The Kier molecular flexibility index (Phi) is 2.44. The first kappa shape index (κ1) is 9.91. The van der Waals surface area contributed by atoms with Gasteiger partial charge >= 0.3 is 0 Å². The Bertz CT molecular complexity index is 498. The van der Waals surface area contributed by atoms with E-state index in [0.717, 1.165) is 12.5 Å². The average molecular weight is 214 g/mol. The maximum absolute atomic E-state index is 5.66. The molecule has 1 atom stereocenters. The minimum absolute atomic E-state index is 0.789. The van der Waals surface area contributed by atoms with Gasteiger partial charge in [-0.05, 0) is 49.8 Å². The molecule has 1 aliphatic rings. The van der Waals surface area contributed by atoms with Crippen molar-refractivity contribution in [1.29, 1.82) is 0 Å². The molecule has 2 aromatic rings. The van der Waals surface area contributed by atoms with Gasteiger partial charge in [0, 0.05) is 16.6 Å². The fourth-order valence-electron chi connectivity index (χ4n) is 2.92. The summed E-state index contributed by atoms with van der Waals surface area (Å²) < 4.78 is 0. The first-order chi connectivity index (χ1) is 7.88. The van der Waals surface area contributed by atoms with E-state index in [1.54, 1.807) is 5.56 Å². The van der Waals surface area contributed by atoms with E-state index in [1.165, 1.54) is 42.3 Å². The van der Waals surface area contributed by atoms with Crippen LogP contribution in [0.15, 0.2) is 24.3 Å². The number of H-pyrrole nitrogens is 1. The summed E-state index contributed by atoms with van der Waals surface area (Å²) in [4.78, 5) is 3.55. The maximum Gasteiger partial charge on any atom is 0.0458 e. The molecular formula is C14H18N2. The number of nitrogens with two attached hydrogens (primary N) is 1. The van der Waals surface area contributed by atoms with E-state index in [0.29, 0.717) is 0 Å². The van der Waals surface area contributed by atoms with Gasteiger partial charge in [0.1, 0.15) is 0 Å². The second kappa shape index (κ2) is 3.95. The summed E-state index contributed by atoms with van der Waals surface area (Å²) in [5.74, 6) is 0.789. The second-order valence-electron chi connectivity index (χ2n) is 4.81. The first-order valence-electron chi connectivity index (χ1n) is 6.17. The van der Waals surface area contributed by atoms with Crippen LogP contribution in [0.5, 0.6) is 0 Å². The Hall–Kier alpha value is -1.28. The van der Waals surface area contributed by atoms with Crippen LogP contribution < -0.4 is 5.73 Å². The molecule has 3 rings (SSSR count). The number of rotatable bonds is 2. The third kappa shape index (κ3) is 1.54. The van der Waals surface area contributed by atoms with Gasteiger partial charge in [0.05, 0.1) is 0 Å². The lowest BCUT2D eigenvalue weighted by Gasteiger charge is -2.21. The van der Waals surface area contributed by atoms with Crippen molar-refractivity contribution in [2.45, 2.75) is 25.7 Å². The Balaban J connectivity index is 2.01. The lowest BCUT2D eigenvalue weighted by molar-refractivity contribution is 0.432. The highest BCUT2D eigenvalue weighted by Crippen LogP contribution is 2.32. The van der Waals surface area contributed by atoms with Crippen LogP contribution in [0.1, 0.15) is 24.1 Å². The molecule has 0 bridgehead atoms. The number of para-hydroxylation sites is 1. The zero-order valence-electron chi connectivity index (χ0n) is 9.50. The molecule has 0 saturated carbocycles. The highest BCUT2D eigenvalue weighted by Gasteiger charge is 2.21. The zero-order valence-corrected chi connectivity index (χ0v) is 9.50. The molecule has 1 aromatic heterocycles. The molecule has 0 radical (unpaired) electrons. The fourth-order valence-corrected chi connectivity index (χ4v) is 2.92. The van der Waals surface area contributed by atoms with Crippen molar-refractivity contribution < 1.29 is 0 Å². The molecule has 0 amide bonds. The summed E-state index contributed by atoms with van der Waals surface area (Å²) in [5, 5.41) is 1.42. The molecule has 0 aliphatic heterocycles. The van der Waals surface area contributed by atoms with Crippen LogP contribution in [-0.4, -0.2) is 11.5 Å². The van der Waals surface area contributed by atoms with Crippen LogP contribution in [0, 0.1) is 5.92 Å². The number of hydrogen-bond acceptors (Lipinski definition) is 1. The fraction of sp³-hybridized carbons (Fsp3) is 0.429. The van der Waals surface area contributed by atoms with E-state index in [1.807, 2.05) is 0 Å². The standard InChI is InChI=1S/C14H18N2/c15-8-7-10-5-6-14-12(9-10)11-3-1-2-4-13(11)16-14/h1-4,10,16H,5-9,15H2/t10-/m0/s1. The second-order valence-corrected chi connectivity index (χ2v) is 4.81. The van der Waals surface area contributed by atoms with E-state index in [2.05, 4.69) is 29.2 Å². The van der Waals surface area contributed by atoms with Gasteiger partial charge in [-0.25, -0.2) is 0 Å². The zero-order chi connectivity index (χ0) is 11.0. The van der Waals surface area contributed by atoms with E-state index in [4.69, 9.17) is 5.73 Å². The van der Waals surface area contributed by atoms with Gasteiger partial charge in [-0.3, -0.25) is 0 Å². The highest BCUT2D eigenvalue weighted by molar-refractivity contribution is 5.84. The Labute approximate surface area is 95.8 Å². The predicted octanol–water partition coefficient (Wildman–Crippen LogP) is 2.62. The summed E-state index contributed by atoms with van der Waals surface area (Å²) in [6.45, 7) is 0.822. The van der Waals surface area contributed by atoms with E-state index in [9.17, 15) is 0 Å². The van der Waals surface area contributed by atoms with Crippen LogP contribution in [0.4, 0.5) is 0 Å². The Morgan fingerprint density at radius 3 is 3.06 bits per heavy atom. The minimum atomic E-state index is 0.789. The SMILES string of the molecule is NCC[C@@H]1CCc2[nH]c3ccccc3c2C1. The molecule has 1 aliphatic carbocycles. The van der Waals surface area contributed by atoms with E-state index < -0.39 is 0 Å². The molecule has 1 aromatic carbocycles. The summed E-state index contributed by atoms with van der Waals surface area (Å²) in [7, 11) is 0. The molecule has 0 fully saturated rings. The van der Waals surface area contributed by atoms with Gasteiger partial charge < -0.3 is 10.7 Å². The maximum atomic E-state index is 5.66. The highest BCUT2D eigenvalue weighted by atomic mass is 14.7. The molecule has 16 heavy (non-hydrogen) atoms. The van der Waals surface area contributed by atoms with Crippen LogP contribution in [0.3, 0.4) is 0 Å². The first-order valence-corrected chi connectivity index (χ1v) is 6.17. The van der Waals surface area contributed by atoms with Gasteiger partial charge in [0.2, 0.25) is 0 Å². The van der Waals surface area contributed by atoms with Crippen LogP contribution >= 0.6 is 0 Å². The van der Waals surface area contributed by atoms with Crippen LogP contribution in [0.2, 0.25) is 0 Å². The predicted molar refractivity (Wildman–Crippen MR) is 67.5 cm³/mol. The number of aromatic nitrogens is 1. The topological polar surface area (TPSA) is 41.8 Å². The minimum Gasteiger partial charge on any atom is -0.358 e. The van der Waals surface area contributed by atoms with Crippen LogP contribution in [-0.2, 0) is 12.8 Å². The lowest BCUT2D eigenvalue weighted by atomic mass is 9.84. The van der Waals surface area contributed by atoms with Gasteiger partial charge in [0.15, 0.2) is 0 Å². The summed E-state index contributed by atoms with van der Waals surface area (Å²) >= 11 is 0. The van der Waals surface area contributed by atoms with Crippen molar-refractivity contribution in [3.8, 4) is 0 Å². The molecule has 0 saturated heterocycles. The summed E-state index contributed by atoms with van der Waals surface area (Å²) in [6, 6.07) is 8.63. The molecule has 0 unspecified atom stereocenters. The Morgan fingerprint density at radius 2 is 2.19 bits per heavy atom. The number of fused-ring (bicyclic) bond motifs is 3. The number of aryl methyl sites for hydroxylation is 1. The third-order valence-corrected chi connectivity index (χ3v) is 3.77. The average Bonchev–Trinajstić information content (AvgIpc) is 2.68. The van der Waals surface area contributed by atoms with Crippen molar-refractivity contribution in [3.63, 3.8) is 0 Å². The van der Waals surface area contributed by atoms with E-state index >= 15 is 0 Å². The van der Waals surface area contributed by atoms with Gasteiger partial charge in [0.25, 0.3) is 0 Å². The molecule has 84 valence electrons. The van der Waals surface area contributed by atoms with E-state index in [-0.39, 0.29) is 0 Å². The normalized spacial score (nSPS) is 19.9. The van der Waals surface area contributed by atoms with Crippen molar-refractivity contribution in [3.05, 3.63) is 35.5 Å². The van der Waals surface area contributed by atoms with Crippen molar-refractivity contribution in [2.75, 3.05) is 6.54 Å². The number of hydrogen-bond donors (Lipinski definition) is 2.